The maximum atomic E-state index is 6.15. The van der Waals surface area contributed by atoms with E-state index < -0.39 is 0 Å². The maximum Gasteiger partial charge on any atom is 0.121 e. The molecule has 0 radical (unpaired) electrons. The van der Waals surface area contributed by atoms with E-state index in [0.29, 0.717) is 17.8 Å². The van der Waals surface area contributed by atoms with Gasteiger partial charge in [-0.2, -0.15) is 0 Å². The molecule has 0 spiro atoms. The molecule has 0 fully saturated rings. The van der Waals surface area contributed by atoms with Gasteiger partial charge in [-0.15, -0.1) is 0 Å². The van der Waals surface area contributed by atoms with Gasteiger partial charge in [-0.05, 0) is 65.0 Å². The maximum absolute atomic E-state index is 6.15. The van der Waals surface area contributed by atoms with Crippen LogP contribution in [0.2, 0.25) is 0 Å². The van der Waals surface area contributed by atoms with E-state index >= 15 is 0 Å². The monoisotopic (exact) mass is 364 g/mol. The summed E-state index contributed by atoms with van der Waals surface area (Å²) < 4.78 is 6.15. The molecule has 0 saturated carbocycles. The van der Waals surface area contributed by atoms with Gasteiger partial charge < -0.3 is 4.74 Å². The van der Waals surface area contributed by atoms with Crippen LogP contribution in [0.15, 0.2) is 54.8 Å². The highest BCUT2D eigenvalue weighted by Crippen LogP contribution is 2.36. The van der Waals surface area contributed by atoms with Crippen molar-refractivity contribution < 1.29 is 4.74 Å². The molecule has 0 unspecified atom stereocenters. The van der Waals surface area contributed by atoms with Crippen molar-refractivity contribution in [2.45, 2.75) is 78.7 Å². The van der Waals surface area contributed by atoms with Crippen LogP contribution in [0.5, 0.6) is 0 Å². The van der Waals surface area contributed by atoms with Crippen molar-refractivity contribution in [3.63, 3.8) is 0 Å². The van der Waals surface area contributed by atoms with Gasteiger partial charge in [-0.1, -0.05) is 84.0 Å². The van der Waals surface area contributed by atoms with E-state index in [0.717, 1.165) is 6.42 Å². The molecule has 0 heterocycles. The van der Waals surface area contributed by atoms with Gasteiger partial charge in [0.2, 0.25) is 0 Å². The van der Waals surface area contributed by atoms with Crippen LogP contribution in [0.25, 0.3) is 0 Å². The molecule has 27 heavy (non-hydrogen) atoms. The Morgan fingerprint density at radius 3 is 1.81 bits per heavy atom. The Labute approximate surface area is 166 Å². The second-order valence-corrected chi connectivity index (χ2v) is 8.42. The molecule has 0 aliphatic heterocycles. The fourth-order valence-corrected chi connectivity index (χ4v) is 3.52. The van der Waals surface area contributed by atoms with Gasteiger partial charge in [0.1, 0.15) is 6.10 Å². The Morgan fingerprint density at radius 2 is 1.33 bits per heavy atom. The van der Waals surface area contributed by atoms with Gasteiger partial charge in [-0.3, -0.25) is 0 Å². The lowest BCUT2D eigenvalue weighted by molar-refractivity contribution is 0.161. The summed E-state index contributed by atoms with van der Waals surface area (Å²) in [5, 5.41) is 0. The second-order valence-electron chi connectivity index (χ2n) is 8.42. The number of benzene rings is 2. The van der Waals surface area contributed by atoms with Gasteiger partial charge in [-0.25, -0.2) is 0 Å². The molecule has 0 aliphatic rings. The Kier molecular flexibility index (Phi) is 7.71. The Hall–Kier alpha value is -2.02. The summed E-state index contributed by atoms with van der Waals surface area (Å²) in [6, 6.07) is 15.3. The summed E-state index contributed by atoms with van der Waals surface area (Å²) in [7, 11) is 0. The highest BCUT2D eigenvalue weighted by Gasteiger charge is 2.21. The highest BCUT2D eigenvalue weighted by molar-refractivity contribution is 5.45. The average Bonchev–Trinajstić information content (AvgIpc) is 2.64. The van der Waals surface area contributed by atoms with Crippen molar-refractivity contribution in [2.75, 3.05) is 0 Å². The highest BCUT2D eigenvalue weighted by atomic mass is 16.5. The molecular formula is C26H36O. The molecule has 2 aromatic carbocycles. The third kappa shape index (κ3) is 5.73. The van der Waals surface area contributed by atoms with Crippen LogP contribution in [0.1, 0.15) is 100 Å². The summed E-state index contributed by atoms with van der Waals surface area (Å²) in [4.78, 5) is 0. The minimum atomic E-state index is 0.0491. The van der Waals surface area contributed by atoms with Crippen LogP contribution in [0, 0.1) is 0 Å². The van der Waals surface area contributed by atoms with Crippen molar-refractivity contribution in [2.24, 2.45) is 0 Å². The zero-order chi connectivity index (χ0) is 20.0. The van der Waals surface area contributed by atoms with Crippen molar-refractivity contribution >= 4 is 0 Å². The lowest BCUT2D eigenvalue weighted by Crippen LogP contribution is -2.10. The molecule has 2 aromatic rings. The SMILES string of the molecule is CC(C)c1cc(C(C)C)c([C@@H](C)O/C=C\Cc2ccccc2)c(C(C)C)c1. The lowest BCUT2D eigenvalue weighted by atomic mass is 9.82. The predicted octanol–water partition coefficient (Wildman–Crippen LogP) is 7.89. The Morgan fingerprint density at radius 1 is 0.778 bits per heavy atom. The van der Waals surface area contributed by atoms with E-state index in [-0.39, 0.29) is 6.10 Å². The first kappa shape index (κ1) is 21.3. The lowest BCUT2D eigenvalue weighted by Gasteiger charge is -2.26. The average molecular weight is 365 g/mol. The molecule has 0 saturated heterocycles. The molecule has 0 aliphatic carbocycles. The molecule has 0 N–H and O–H groups in total. The minimum absolute atomic E-state index is 0.0491. The Balaban J connectivity index is 2.26. The number of hydrogen-bond donors (Lipinski definition) is 0. The molecule has 1 heteroatoms. The van der Waals surface area contributed by atoms with Crippen molar-refractivity contribution in [1.29, 1.82) is 0 Å². The third-order valence-corrected chi connectivity index (χ3v) is 5.16. The van der Waals surface area contributed by atoms with Crippen LogP contribution in [0.3, 0.4) is 0 Å². The number of ether oxygens (including phenoxy) is 1. The molecule has 0 bridgehead atoms. The molecule has 0 aromatic heterocycles. The number of allylic oxidation sites excluding steroid dienone is 1. The first-order valence-electron chi connectivity index (χ1n) is 10.3. The minimum Gasteiger partial charge on any atom is -0.494 e. The smallest absolute Gasteiger partial charge is 0.121 e. The second kappa shape index (κ2) is 9.78. The normalized spacial score (nSPS) is 13.1. The summed E-state index contributed by atoms with van der Waals surface area (Å²) in [6.07, 6.45) is 4.93. The van der Waals surface area contributed by atoms with Crippen molar-refractivity contribution in [3.8, 4) is 0 Å². The van der Waals surface area contributed by atoms with Crippen molar-refractivity contribution in [1.82, 2.24) is 0 Å². The molecule has 146 valence electrons. The first-order valence-corrected chi connectivity index (χ1v) is 10.3. The van der Waals surface area contributed by atoms with Gasteiger partial charge >= 0.3 is 0 Å². The zero-order valence-electron chi connectivity index (χ0n) is 18.1. The van der Waals surface area contributed by atoms with Crippen LogP contribution in [-0.4, -0.2) is 0 Å². The standard InChI is InChI=1S/C26H36O/c1-18(2)23-16-24(19(3)4)26(25(17-23)20(5)6)21(7)27-15-11-14-22-12-9-8-10-13-22/h8-13,15-21H,14H2,1-7H3/b15-11-/t21-/m1/s1. The number of rotatable bonds is 8. The van der Waals surface area contributed by atoms with Gasteiger partial charge in [0.05, 0.1) is 6.26 Å². The molecule has 1 atom stereocenters. The Bertz CT molecular complexity index is 709. The fraction of sp³-hybridized carbons (Fsp3) is 0.462. The summed E-state index contributed by atoms with van der Waals surface area (Å²) in [5.74, 6) is 1.50. The van der Waals surface area contributed by atoms with Crippen LogP contribution >= 0.6 is 0 Å². The molecular weight excluding hydrogens is 328 g/mol. The van der Waals surface area contributed by atoms with E-state index in [9.17, 15) is 0 Å². The third-order valence-electron chi connectivity index (χ3n) is 5.16. The van der Waals surface area contributed by atoms with E-state index in [4.69, 9.17) is 4.74 Å². The summed E-state index contributed by atoms with van der Waals surface area (Å²) in [6.45, 7) is 15.9. The molecule has 0 amide bonds. The predicted molar refractivity (Wildman–Crippen MR) is 117 cm³/mol. The van der Waals surface area contributed by atoms with E-state index in [2.05, 4.69) is 90.9 Å². The first-order chi connectivity index (χ1) is 12.8. The molecule has 2 rings (SSSR count). The zero-order valence-corrected chi connectivity index (χ0v) is 18.1. The van der Waals surface area contributed by atoms with E-state index in [1.807, 2.05) is 12.3 Å². The summed E-state index contributed by atoms with van der Waals surface area (Å²) in [5.41, 5.74) is 6.95. The van der Waals surface area contributed by atoms with Gasteiger partial charge in [0.25, 0.3) is 0 Å². The van der Waals surface area contributed by atoms with Gasteiger partial charge in [0.15, 0.2) is 0 Å². The fourth-order valence-electron chi connectivity index (χ4n) is 3.52. The van der Waals surface area contributed by atoms with Crippen LogP contribution < -0.4 is 0 Å². The molecule has 1 nitrogen and oxygen atoms in total. The van der Waals surface area contributed by atoms with Crippen molar-refractivity contribution in [3.05, 3.63) is 82.6 Å². The van der Waals surface area contributed by atoms with Gasteiger partial charge in [0, 0.05) is 0 Å². The van der Waals surface area contributed by atoms with E-state index in [1.165, 1.54) is 27.8 Å². The van der Waals surface area contributed by atoms with Crippen LogP contribution in [0.4, 0.5) is 0 Å². The quantitative estimate of drug-likeness (QED) is 0.433. The number of hydrogen-bond acceptors (Lipinski definition) is 1. The van der Waals surface area contributed by atoms with E-state index in [1.54, 1.807) is 0 Å². The summed E-state index contributed by atoms with van der Waals surface area (Å²) >= 11 is 0. The topological polar surface area (TPSA) is 9.23 Å². The largest absolute Gasteiger partial charge is 0.494 e. The van der Waals surface area contributed by atoms with Crippen LogP contribution in [-0.2, 0) is 11.2 Å².